The van der Waals surface area contributed by atoms with E-state index < -0.39 is 0 Å². The van der Waals surface area contributed by atoms with E-state index in [9.17, 15) is 4.79 Å². The van der Waals surface area contributed by atoms with Crippen LogP contribution in [0.2, 0.25) is 0 Å². The maximum Gasteiger partial charge on any atom is 0.220 e. The lowest BCUT2D eigenvalue weighted by molar-refractivity contribution is -0.122. The van der Waals surface area contributed by atoms with Crippen molar-refractivity contribution in [2.45, 2.75) is 32.2 Å². The van der Waals surface area contributed by atoms with Gasteiger partial charge in [-0.3, -0.25) is 4.79 Å². The number of benzene rings is 1. The van der Waals surface area contributed by atoms with Crippen LogP contribution in [0, 0.1) is 0 Å². The van der Waals surface area contributed by atoms with E-state index in [1.165, 1.54) is 0 Å². The monoisotopic (exact) mass is 318 g/mol. The fraction of sp³-hybridized carbons (Fsp3) is 0.412. The van der Waals surface area contributed by atoms with Gasteiger partial charge >= 0.3 is 0 Å². The van der Waals surface area contributed by atoms with Gasteiger partial charge in [0.1, 0.15) is 5.75 Å². The van der Waals surface area contributed by atoms with Gasteiger partial charge in [0.15, 0.2) is 11.7 Å². The highest BCUT2D eigenvalue weighted by Crippen LogP contribution is 2.23. The number of amides is 1. The third-order valence-corrected chi connectivity index (χ3v) is 3.57. The molecular weight excluding hydrogens is 296 g/mol. The van der Waals surface area contributed by atoms with E-state index >= 15 is 0 Å². The second-order valence-electron chi connectivity index (χ2n) is 5.20. The Morgan fingerprint density at radius 2 is 2.13 bits per heavy atom. The summed E-state index contributed by atoms with van der Waals surface area (Å²) >= 11 is 0. The number of carbonyl (C=O) groups is 1. The number of nitrogens with zero attached hydrogens (tertiary/aromatic N) is 1. The third kappa shape index (κ3) is 4.82. The van der Waals surface area contributed by atoms with E-state index in [2.05, 4.69) is 10.3 Å². The first-order valence-corrected chi connectivity index (χ1v) is 7.65. The molecule has 0 fully saturated rings. The Morgan fingerprint density at radius 1 is 1.39 bits per heavy atom. The number of rotatable bonds is 8. The summed E-state index contributed by atoms with van der Waals surface area (Å²) in [4.78, 5) is 16.0. The molecule has 1 heterocycles. The summed E-state index contributed by atoms with van der Waals surface area (Å²) in [5, 5.41) is 11.8. The van der Waals surface area contributed by atoms with Crippen molar-refractivity contribution >= 4 is 5.91 Å². The van der Waals surface area contributed by atoms with Gasteiger partial charge in [0.05, 0.1) is 26.0 Å². The molecule has 6 nitrogen and oxygen atoms in total. The number of methoxy groups -OCH3 is 1. The van der Waals surface area contributed by atoms with Gasteiger partial charge in [-0.15, -0.1) is 0 Å². The molecule has 0 bridgehead atoms. The fourth-order valence-electron chi connectivity index (χ4n) is 2.11. The highest BCUT2D eigenvalue weighted by molar-refractivity contribution is 5.76. The number of aromatic nitrogens is 1. The highest BCUT2D eigenvalue weighted by atomic mass is 16.5. The molecule has 0 saturated carbocycles. The summed E-state index contributed by atoms with van der Waals surface area (Å²) < 4.78 is 10.8. The Hall–Kier alpha value is -2.34. The Kier molecular flexibility index (Phi) is 6.17. The molecule has 1 aromatic heterocycles. The molecule has 0 spiro atoms. The van der Waals surface area contributed by atoms with Crippen molar-refractivity contribution in [3.63, 3.8) is 0 Å². The van der Waals surface area contributed by atoms with Crippen LogP contribution < -0.4 is 10.1 Å². The van der Waals surface area contributed by atoms with E-state index in [4.69, 9.17) is 14.3 Å². The van der Waals surface area contributed by atoms with E-state index in [1.807, 2.05) is 31.2 Å². The van der Waals surface area contributed by atoms with Gasteiger partial charge in [0.25, 0.3) is 0 Å². The zero-order valence-electron chi connectivity index (χ0n) is 13.4. The maximum absolute atomic E-state index is 11.8. The van der Waals surface area contributed by atoms with Crippen LogP contribution in [0.25, 0.3) is 11.3 Å². The number of hydrogen-bond acceptors (Lipinski definition) is 5. The Bertz CT molecular complexity index is 618. The number of ether oxygens (including phenoxy) is 1. The van der Waals surface area contributed by atoms with Crippen LogP contribution >= 0.6 is 0 Å². The molecule has 1 atom stereocenters. The average Bonchev–Trinajstić information content (AvgIpc) is 3.07. The summed E-state index contributed by atoms with van der Waals surface area (Å²) in [6.45, 7) is 1.86. The van der Waals surface area contributed by atoms with Crippen molar-refractivity contribution < 1.29 is 19.1 Å². The fourth-order valence-corrected chi connectivity index (χ4v) is 2.11. The molecule has 2 aromatic rings. The minimum absolute atomic E-state index is 0.0527. The van der Waals surface area contributed by atoms with Crippen molar-refractivity contribution in [2.24, 2.45) is 0 Å². The Morgan fingerprint density at radius 3 is 2.74 bits per heavy atom. The summed E-state index contributed by atoms with van der Waals surface area (Å²) in [5.74, 6) is 1.84. The second kappa shape index (κ2) is 8.33. The minimum Gasteiger partial charge on any atom is -0.497 e. The standard InChI is InChI=1S/C17H22N2O4/c1-3-13(11-20)19-16(21)8-9-17-18-10-15(23-17)12-4-6-14(22-2)7-5-12/h4-7,10,13,20H,3,8-9,11H2,1-2H3,(H,19,21). The quantitative estimate of drug-likeness (QED) is 0.779. The average molecular weight is 318 g/mol. The lowest BCUT2D eigenvalue weighted by Gasteiger charge is -2.13. The van der Waals surface area contributed by atoms with E-state index in [1.54, 1.807) is 13.3 Å². The molecule has 1 amide bonds. The van der Waals surface area contributed by atoms with Crippen LogP contribution in [0.3, 0.4) is 0 Å². The second-order valence-corrected chi connectivity index (χ2v) is 5.20. The normalized spacial score (nSPS) is 12.0. The molecule has 2 N–H and O–H groups in total. The van der Waals surface area contributed by atoms with Crippen molar-refractivity contribution in [3.05, 3.63) is 36.4 Å². The number of nitrogens with one attached hydrogen (secondary N) is 1. The number of oxazole rings is 1. The lowest BCUT2D eigenvalue weighted by Crippen LogP contribution is -2.37. The predicted octanol–water partition coefficient (Wildman–Crippen LogP) is 2.17. The topological polar surface area (TPSA) is 84.6 Å². The van der Waals surface area contributed by atoms with Crippen LogP contribution in [0.5, 0.6) is 5.75 Å². The molecule has 2 rings (SSSR count). The number of hydrogen-bond donors (Lipinski definition) is 2. The largest absolute Gasteiger partial charge is 0.497 e. The number of aryl methyl sites for hydroxylation is 1. The SMILES string of the molecule is CCC(CO)NC(=O)CCc1ncc(-c2ccc(OC)cc2)o1. The van der Waals surface area contributed by atoms with Crippen LogP contribution in [-0.4, -0.2) is 35.8 Å². The first-order valence-electron chi connectivity index (χ1n) is 7.65. The van der Waals surface area contributed by atoms with Gasteiger partial charge in [-0.1, -0.05) is 6.92 Å². The molecule has 1 unspecified atom stereocenters. The molecule has 0 aliphatic rings. The number of aliphatic hydroxyl groups is 1. The molecule has 0 aliphatic heterocycles. The molecule has 6 heteroatoms. The zero-order valence-corrected chi connectivity index (χ0v) is 13.4. The van der Waals surface area contributed by atoms with Gasteiger partial charge in [-0.05, 0) is 30.7 Å². The van der Waals surface area contributed by atoms with Crippen LogP contribution in [0.1, 0.15) is 25.7 Å². The van der Waals surface area contributed by atoms with Crippen LogP contribution in [0.4, 0.5) is 0 Å². The summed E-state index contributed by atoms with van der Waals surface area (Å²) in [5.41, 5.74) is 0.903. The van der Waals surface area contributed by atoms with Crippen molar-refractivity contribution in [1.82, 2.24) is 10.3 Å². The molecular formula is C17H22N2O4. The molecule has 124 valence electrons. The van der Waals surface area contributed by atoms with Gasteiger partial charge in [-0.25, -0.2) is 4.98 Å². The predicted molar refractivity (Wildman–Crippen MR) is 86.1 cm³/mol. The summed E-state index contributed by atoms with van der Waals surface area (Å²) in [6, 6.07) is 7.29. The van der Waals surface area contributed by atoms with Crippen molar-refractivity contribution in [3.8, 4) is 17.1 Å². The zero-order chi connectivity index (χ0) is 16.7. The smallest absolute Gasteiger partial charge is 0.220 e. The van der Waals surface area contributed by atoms with Crippen LogP contribution in [0.15, 0.2) is 34.9 Å². The third-order valence-electron chi connectivity index (χ3n) is 3.57. The summed E-state index contributed by atoms with van der Waals surface area (Å²) in [6.07, 6.45) is 3.05. The molecule has 23 heavy (non-hydrogen) atoms. The first-order chi connectivity index (χ1) is 11.2. The molecule has 0 saturated heterocycles. The minimum atomic E-state index is -0.193. The Labute approximate surface area is 135 Å². The van der Waals surface area contributed by atoms with Crippen molar-refractivity contribution in [2.75, 3.05) is 13.7 Å². The molecule has 0 aliphatic carbocycles. The van der Waals surface area contributed by atoms with E-state index in [0.29, 0.717) is 24.5 Å². The van der Waals surface area contributed by atoms with Gasteiger partial charge < -0.3 is 19.6 Å². The van der Waals surface area contributed by atoms with Crippen LogP contribution in [-0.2, 0) is 11.2 Å². The summed E-state index contributed by atoms with van der Waals surface area (Å²) in [7, 11) is 1.62. The Balaban J connectivity index is 1.90. The molecule has 1 aromatic carbocycles. The van der Waals surface area contributed by atoms with Gasteiger partial charge in [0, 0.05) is 18.4 Å². The highest BCUT2D eigenvalue weighted by Gasteiger charge is 2.12. The number of carbonyl (C=O) groups excluding carboxylic acids is 1. The first kappa shape index (κ1) is 17.0. The van der Waals surface area contributed by atoms with E-state index in [-0.39, 0.29) is 25.0 Å². The van der Waals surface area contributed by atoms with Crippen molar-refractivity contribution in [1.29, 1.82) is 0 Å². The van der Waals surface area contributed by atoms with Gasteiger partial charge in [-0.2, -0.15) is 0 Å². The van der Waals surface area contributed by atoms with E-state index in [0.717, 1.165) is 11.3 Å². The number of aliphatic hydroxyl groups excluding tert-OH is 1. The lowest BCUT2D eigenvalue weighted by atomic mass is 10.2. The maximum atomic E-state index is 11.8. The van der Waals surface area contributed by atoms with Gasteiger partial charge in [0.2, 0.25) is 5.91 Å². The molecule has 0 radical (unpaired) electrons.